The van der Waals surface area contributed by atoms with E-state index in [1.807, 2.05) is 6.92 Å². The predicted molar refractivity (Wildman–Crippen MR) is 71.1 cm³/mol. The number of benzene rings is 1. The first kappa shape index (κ1) is 14.0. The SMILES string of the molecule is CCNCc1cc(F)c(Sc2nccn2C)c(F)c1. The normalized spacial score (nSPS) is 10.9. The highest BCUT2D eigenvalue weighted by atomic mass is 32.2. The van der Waals surface area contributed by atoms with Gasteiger partial charge in [-0.05, 0) is 36.0 Å². The van der Waals surface area contributed by atoms with E-state index in [0.717, 1.165) is 18.3 Å². The fourth-order valence-electron chi connectivity index (χ4n) is 1.62. The molecular weight excluding hydrogens is 268 g/mol. The Morgan fingerprint density at radius 3 is 2.53 bits per heavy atom. The largest absolute Gasteiger partial charge is 0.329 e. The Hall–Kier alpha value is -1.40. The standard InChI is InChI=1S/C13H15F2N3S/c1-3-16-8-9-6-10(14)12(11(15)7-9)19-13-17-4-5-18(13)2/h4-7,16H,3,8H2,1-2H3. The number of halogens is 2. The lowest BCUT2D eigenvalue weighted by atomic mass is 10.2. The summed E-state index contributed by atoms with van der Waals surface area (Å²) in [7, 11) is 1.78. The molecule has 0 radical (unpaired) electrons. The Balaban J connectivity index is 2.24. The minimum absolute atomic E-state index is 0.0189. The molecule has 0 aliphatic heterocycles. The molecule has 0 aliphatic rings. The Morgan fingerprint density at radius 2 is 2.00 bits per heavy atom. The quantitative estimate of drug-likeness (QED) is 0.915. The van der Waals surface area contributed by atoms with Gasteiger partial charge in [0, 0.05) is 26.0 Å². The average molecular weight is 283 g/mol. The maximum atomic E-state index is 13.9. The van der Waals surface area contributed by atoms with Gasteiger partial charge in [-0.15, -0.1) is 0 Å². The molecule has 0 fully saturated rings. The Morgan fingerprint density at radius 1 is 1.32 bits per heavy atom. The third-order valence-corrected chi connectivity index (χ3v) is 3.78. The van der Waals surface area contributed by atoms with Crippen LogP contribution in [-0.2, 0) is 13.6 Å². The fourth-order valence-corrected chi connectivity index (χ4v) is 2.44. The minimum Gasteiger partial charge on any atom is -0.329 e. The van der Waals surface area contributed by atoms with Gasteiger partial charge in [-0.3, -0.25) is 0 Å². The Labute approximate surface area is 115 Å². The first-order valence-electron chi connectivity index (χ1n) is 5.95. The highest BCUT2D eigenvalue weighted by molar-refractivity contribution is 7.99. The van der Waals surface area contributed by atoms with Gasteiger partial charge >= 0.3 is 0 Å². The van der Waals surface area contributed by atoms with Gasteiger partial charge in [0.05, 0.1) is 4.90 Å². The summed E-state index contributed by atoms with van der Waals surface area (Å²) >= 11 is 0.988. The molecule has 1 N–H and O–H groups in total. The molecule has 0 saturated heterocycles. The summed E-state index contributed by atoms with van der Waals surface area (Å²) in [4.78, 5) is 4.03. The number of hydrogen-bond donors (Lipinski definition) is 1. The molecule has 0 bridgehead atoms. The molecule has 1 heterocycles. The van der Waals surface area contributed by atoms with Crippen molar-refractivity contribution >= 4 is 11.8 Å². The predicted octanol–water partition coefficient (Wildman–Crippen LogP) is 2.96. The van der Waals surface area contributed by atoms with Crippen molar-refractivity contribution in [3.8, 4) is 0 Å². The molecule has 6 heteroatoms. The van der Waals surface area contributed by atoms with Crippen LogP contribution in [0.1, 0.15) is 12.5 Å². The number of aryl methyl sites for hydroxylation is 1. The molecule has 1 aromatic carbocycles. The third-order valence-electron chi connectivity index (χ3n) is 2.61. The van der Waals surface area contributed by atoms with Crippen molar-refractivity contribution in [3.05, 3.63) is 41.7 Å². The molecule has 0 spiro atoms. The molecule has 0 amide bonds. The van der Waals surface area contributed by atoms with E-state index < -0.39 is 11.6 Å². The second kappa shape index (κ2) is 6.16. The topological polar surface area (TPSA) is 29.9 Å². The molecule has 1 aromatic heterocycles. The second-order valence-corrected chi connectivity index (χ2v) is 5.07. The maximum absolute atomic E-state index is 13.9. The monoisotopic (exact) mass is 283 g/mol. The lowest BCUT2D eigenvalue weighted by Gasteiger charge is -2.08. The van der Waals surface area contributed by atoms with Crippen molar-refractivity contribution in [1.29, 1.82) is 0 Å². The zero-order valence-corrected chi connectivity index (χ0v) is 11.6. The molecule has 0 unspecified atom stereocenters. The van der Waals surface area contributed by atoms with Gasteiger partial charge in [0.2, 0.25) is 0 Å². The zero-order chi connectivity index (χ0) is 13.8. The summed E-state index contributed by atoms with van der Waals surface area (Å²) in [5.74, 6) is -1.11. The number of nitrogens with one attached hydrogen (secondary N) is 1. The van der Waals surface area contributed by atoms with Gasteiger partial charge < -0.3 is 9.88 Å². The van der Waals surface area contributed by atoms with E-state index in [-0.39, 0.29) is 4.90 Å². The summed E-state index contributed by atoms with van der Waals surface area (Å²) in [6.07, 6.45) is 3.33. The number of nitrogens with zero attached hydrogens (tertiary/aromatic N) is 2. The summed E-state index contributed by atoms with van der Waals surface area (Å²) in [5, 5.41) is 3.59. The van der Waals surface area contributed by atoms with Crippen LogP contribution < -0.4 is 5.32 Å². The highest BCUT2D eigenvalue weighted by Crippen LogP contribution is 2.31. The van der Waals surface area contributed by atoms with Crippen LogP contribution in [-0.4, -0.2) is 16.1 Å². The first-order chi connectivity index (χ1) is 9.11. The van der Waals surface area contributed by atoms with Crippen LogP contribution in [0.25, 0.3) is 0 Å². The van der Waals surface area contributed by atoms with E-state index >= 15 is 0 Å². The van der Waals surface area contributed by atoms with Crippen molar-refractivity contribution < 1.29 is 8.78 Å². The molecule has 0 aliphatic carbocycles. The smallest absolute Gasteiger partial charge is 0.172 e. The number of imidazole rings is 1. The maximum Gasteiger partial charge on any atom is 0.172 e. The first-order valence-corrected chi connectivity index (χ1v) is 6.77. The van der Waals surface area contributed by atoms with Gasteiger partial charge in [-0.2, -0.15) is 0 Å². The van der Waals surface area contributed by atoms with E-state index in [1.54, 1.807) is 24.0 Å². The minimum atomic E-state index is -0.555. The van der Waals surface area contributed by atoms with E-state index in [0.29, 0.717) is 17.3 Å². The van der Waals surface area contributed by atoms with Crippen LogP contribution in [0.15, 0.2) is 34.6 Å². The summed E-state index contributed by atoms with van der Waals surface area (Å²) in [5.41, 5.74) is 0.598. The Bertz CT molecular complexity index is 546. The summed E-state index contributed by atoms with van der Waals surface area (Å²) in [6.45, 7) is 3.16. The van der Waals surface area contributed by atoms with E-state index in [9.17, 15) is 8.78 Å². The average Bonchev–Trinajstić information content (AvgIpc) is 2.77. The molecule has 102 valence electrons. The molecule has 3 nitrogen and oxygen atoms in total. The van der Waals surface area contributed by atoms with Gasteiger partial charge in [-0.25, -0.2) is 13.8 Å². The van der Waals surface area contributed by atoms with E-state index in [2.05, 4.69) is 10.3 Å². The van der Waals surface area contributed by atoms with Gasteiger partial charge in [0.25, 0.3) is 0 Å². The van der Waals surface area contributed by atoms with Crippen LogP contribution in [0.3, 0.4) is 0 Å². The van der Waals surface area contributed by atoms with Crippen molar-refractivity contribution in [2.24, 2.45) is 7.05 Å². The van der Waals surface area contributed by atoms with Crippen LogP contribution >= 0.6 is 11.8 Å². The van der Waals surface area contributed by atoms with E-state index in [4.69, 9.17) is 0 Å². The summed E-state index contributed by atoms with van der Waals surface area (Å²) < 4.78 is 29.6. The van der Waals surface area contributed by atoms with Gasteiger partial charge in [0.1, 0.15) is 11.6 Å². The van der Waals surface area contributed by atoms with Gasteiger partial charge in [0.15, 0.2) is 5.16 Å². The summed E-state index contributed by atoms with van der Waals surface area (Å²) in [6, 6.07) is 2.72. The van der Waals surface area contributed by atoms with Crippen LogP contribution in [0, 0.1) is 11.6 Å². The second-order valence-electron chi connectivity index (χ2n) is 4.09. The van der Waals surface area contributed by atoms with Crippen molar-refractivity contribution in [2.45, 2.75) is 23.5 Å². The molecular formula is C13H15F2N3S. The van der Waals surface area contributed by atoms with Crippen LogP contribution in [0.2, 0.25) is 0 Å². The molecule has 0 saturated carbocycles. The zero-order valence-electron chi connectivity index (χ0n) is 10.8. The molecule has 19 heavy (non-hydrogen) atoms. The number of hydrogen-bond acceptors (Lipinski definition) is 3. The number of aromatic nitrogens is 2. The lowest BCUT2D eigenvalue weighted by molar-refractivity contribution is 0.534. The Kier molecular flexibility index (Phi) is 4.55. The number of rotatable bonds is 5. The van der Waals surface area contributed by atoms with Crippen molar-refractivity contribution in [1.82, 2.24) is 14.9 Å². The van der Waals surface area contributed by atoms with Crippen molar-refractivity contribution in [2.75, 3.05) is 6.54 Å². The van der Waals surface area contributed by atoms with Crippen LogP contribution in [0.4, 0.5) is 8.78 Å². The lowest BCUT2D eigenvalue weighted by Crippen LogP contribution is -2.12. The molecule has 0 atom stereocenters. The van der Waals surface area contributed by atoms with Crippen LogP contribution in [0.5, 0.6) is 0 Å². The highest BCUT2D eigenvalue weighted by Gasteiger charge is 2.14. The fraction of sp³-hybridized carbons (Fsp3) is 0.308. The van der Waals surface area contributed by atoms with Gasteiger partial charge in [-0.1, -0.05) is 6.92 Å². The third kappa shape index (κ3) is 3.33. The van der Waals surface area contributed by atoms with E-state index in [1.165, 1.54) is 12.1 Å². The molecule has 2 rings (SSSR count). The molecule has 2 aromatic rings. The van der Waals surface area contributed by atoms with Crippen molar-refractivity contribution in [3.63, 3.8) is 0 Å².